The van der Waals surface area contributed by atoms with Crippen LogP contribution in [0.25, 0.3) is 0 Å². The number of nitrogens with zero attached hydrogens (tertiary/aromatic N) is 1. The highest BCUT2D eigenvalue weighted by molar-refractivity contribution is 5.98. The van der Waals surface area contributed by atoms with Gasteiger partial charge >= 0.3 is 0 Å². The third-order valence-corrected chi connectivity index (χ3v) is 4.86. The second kappa shape index (κ2) is 4.71. The van der Waals surface area contributed by atoms with Gasteiger partial charge in [0, 0.05) is 18.0 Å². The minimum atomic E-state index is -0.373. The Kier molecular flexibility index (Phi) is 3.17. The molecule has 2 aliphatic rings. The van der Waals surface area contributed by atoms with Gasteiger partial charge in [0.05, 0.1) is 5.56 Å². The van der Waals surface area contributed by atoms with Crippen molar-refractivity contribution >= 4 is 5.78 Å². The van der Waals surface area contributed by atoms with E-state index >= 15 is 0 Å². The Labute approximate surface area is 113 Å². The summed E-state index contributed by atoms with van der Waals surface area (Å²) in [6.45, 7) is 1.90. The number of ketones is 1. The highest BCUT2D eigenvalue weighted by Gasteiger charge is 2.41. The number of hydrogen-bond donors (Lipinski definition) is 0. The summed E-state index contributed by atoms with van der Waals surface area (Å²) in [7, 11) is 2.15. The molecule has 1 aromatic carbocycles. The van der Waals surface area contributed by atoms with E-state index in [0.717, 1.165) is 18.4 Å². The number of Topliss-reactive ketones (excluding diaryl/α,β-unsaturated/α-hetero) is 1. The Hall–Kier alpha value is -1.22. The molecule has 1 aromatic rings. The van der Waals surface area contributed by atoms with E-state index in [9.17, 15) is 9.18 Å². The normalized spacial score (nSPS) is 30.6. The van der Waals surface area contributed by atoms with Gasteiger partial charge in [-0.25, -0.2) is 4.39 Å². The number of carbonyl (C=O) groups is 1. The van der Waals surface area contributed by atoms with Gasteiger partial charge in [0.25, 0.3) is 0 Å². The van der Waals surface area contributed by atoms with Gasteiger partial charge < -0.3 is 4.90 Å². The summed E-state index contributed by atoms with van der Waals surface area (Å²) in [6.07, 6.45) is 4.14. The van der Waals surface area contributed by atoms with Crippen LogP contribution < -0.4 is 0 Å². The largest absolute Gasteiger partial charge is 0.300 e. The summed E-state index contributed by atoms with van der Waals surface area (Å²) in [6, 6.07) is 5.84. The number of aryl methyl sites for hydroxylation is 1. The zero-order valence-corrected chi connectivity index (χ0v) is 11.5. The summed E-state index contributed by atoms with van der Waals surface area (Å²) < 4.78 is 13.8. The van der Waals surface area contributed by atoms with Crippen molar-refractivity contribution in [2.45, 2.75) is 44.7 Å². The molecule has 0 aromatic heterocycles. The molecule has 2 aliphatic heterocycles. The molecule has 102 valence electrons. The molecule has 0 amide bonds. The monoisotopic (exact) mass is 261 g/mol. The van der Waals surface area contributed by atoms with Crippen LogP contribution in [0.15, 0.2) is 18.2 Å². The number of halogens is 1. The van der Waals surface area contributed by atoms with Gasteiger partial charge in [0.2, 0.25) is 0 Å². The first-order valence-electron chi connectivity index (χ1n) is 7.08. The summed E-state index contributed by atoms with van der Waals surface area (Å²) in [5.41, 5.74) is 1.23. The fourth-order valence-corrected chi connectivity index (χ4v) is 3.67. The lowest BCUT2D eigenvalue weighted by Gasteiger charge is -2.35. The van der Waals surface area contributed by atoms with Crippen molar-refractivity contribution in [2.24, 2.45) is 5.92 Å². The Bertz CT molecular complexity index is 499. The number of rotatable bonds is 2. The smallest absolute Gasteiger partial charge is 0.169 e. The van der Waals surface area contributed by atoms with Gasteiger partial charge in [-0.2, -0.15) is 0 Å². The van der Waals surface area contributed by atoms with E-state index in [1.165, 1.54) is 18.9 Å². The van der Waals surface area contributed by atoms with Crippen LogP contribution in [0.2, 0.25) is 0 Å². The van der Waals surface area contributed by atoms with Crippen molar-refractivity contribution in [3.05, 3.63) is 35.1 Å². The summed E-state index contributed by atoms with van der Waals surface area (Å²) in [5, 5.41) is 0. The molecule has 0 spiro atoms. The molecular formula is C16H20FNO. The molecule has 2 unspecified atom stereocenters. The first kappa shape index (κ1) is 12.8. The number of benzene rings is 1. The SMILES string of the molecule is Cc1ccc(F)c(C(=O)C2CC3CCC(C2)N3C)c1. The molecule has 0 N–H and O–H groups in total. The van der Waals surface area contributed by atoms with Crippen molar-refractivity contribution in [3.8, 4) is 0 Å². The van der Waals surface area contributed by atoms with Crippen molar-refractivity contribution in [1.82, 2.24) is 4.90 Å². The first-order chi connectivity index (χ1) is 9.06. The van der Waals surface area contributed by atoms with E-state index in [1.807, 2.05) is 6.92 Å². The van der Waals surface area contributed by atoms with Crippen LogP contribution in [-0.2, 0) is 0 Å². The van der Waals surface area contributed by atoms with E-state index in [2.05, 4.69) is 11.9 Å². The first-order valence-corrected chi connectivity index (χ1v) is 7.08. The molecule has 3 heteroatoms. The Morgan fingerprint density at radius 1 is 1.26 bits per heavy atom. The van der Waals surface area contributed by atoms with Crippen LogP contribution >= 0.6 is 0 Å². The Morgan fingerprint density at radius 2 is 1.89 bits per heavy atom. The fraction of sp³-hybridized carbons (Fsp3) is 0.562. The zero-order chi connectivity index (χ0) is 13.6. The van der Waals surface area contributed by atoms with Crippen LogP contribution in [0, 0.1) is 18.7 Å². The van der Waals surface area contributed by atoms with E-state index < -0.39 is 0 Å². The summed E-state index contributed by atoms with van der Waals surface area (Å²) >= 11 is 0. The average Bonchev–Trinajstić information content (AvgIpc) is 2.64. The van der Waals surface area contributed by atoms with Crippen molar-refractivity contribution in [3.63, 3.8) is 0 Å². The topological polar surface area (TPSA) is 20.3 Å². The van der Waals surface area contributed by atoms with Crippen molar-refractivity contribution in [2.75, 3.05) is 7.05 Å². The molecule has 0 saturated carbocycles. The van der Waals surface area contributed by atoms with Crippen LogP contribution in [0.5, 0.6) is 0 Å². The molecule has 0 radical (unpaired) electrons. The lowest BCUT2D eigenvalue weighted by molar-refractivity contribution is 0.0763. The average molecular weight is 261 g/mol. The van der Waals surface area contributed by atoms with Gasteiger partial charge in [0.15, 0.2) is 5.78 Å². The standard InChI is InChI=1S/C16H20FNO/c1-10-3-6-15(17)14(7-10)16(19)11-8-12-4-5-13(9-11)18(12)2/h3,6-7,11-13H,4-5,8-9H2,1-2H3. The summed E-state index contributed by atoms with van der Waals surface area (Å²) in [5.74, 6) is -0.363. The Morgan fingerprint density at radius 3 is 2.53 bits per heavy atom. The second-order valence-electron chi connectivity index (χ2n) is 6.07. The molecule has 2 atom stereocenters. The number of carbonyl (C=O) groups excluding carboxylic acids is 1. The maximum Gasteiger partial charge on any atom is 0.169 e. The third kappa shape index (κ3) is 2.20. The molecule has 3 rings (SSSR count). The van der Waals surface area contributed by atoms with Crippen LogP contribution in [-0.4, -0.2) is 29.8 Å². The molecule has 2 heterocycles. The molecule has 2 bridgehead atoms. The fourth-order valence-electron chi connectivity index (χ4n) is 3.67. The predicted molar refractivity (Wildman–Crippen MR) is 72.8 cm³/mol. The van der Waals surface area contributed by atoms with Gasteiger partial charge in [-0.3, -0.25) is 4.79 Å². The van der Waals surface area contributed by atoms with Gasteiger partial charge in [0.1, 0.15) is 5.82 Å². The molecular weight excluding hydrogens is 241 g/mol. The lowest BCUT2D eigenvalue weighted by atomic mass is 9.84. The molecule has 0 aliphatic carbocycles. The van der Waals surface area contributed by atoms with E-state index in [-0.39, 0.29) is 23.1 Å². The lowest BCUT2D eigenvalue weighted by Crippen LogP contribution is -2.42. The van der Waals surface area contributed by atoms with Crippen molar-refractivity contribution < 1.29 is 9.18 Å². The molecule has 19 heavy (non-hydrogen) atoms. The number of piperidine rings is 1. The third-order valence-electron chi connectivity index (χ3n) is 4.86. The zero-order valence-electron chi connectivity index (χ0n) is 11.5. The Balaban J connectivity index is 1.83. The summed E-state index contributed by atoms with van der Waals surface area (Å²) in [4.78, 5) is 14.9. The predicted octanol–water partition coefficient (Wildman–Crippen LogP) is 3.19. The number of hydrogen-bond acceptors (Lipinski definition) is 2. The second-order valence-corrected chi connectivity index (χ2v) is 6.07. The minimum absolute atomic E-state index is 0.00463. The maximum absolute atomic E-state index is 13.8. The van der Waals surface area contributed by atoms with Crippen LogP contribution in [0.3, 0.4) is 0 Å². The maximum atomic E-state index is 13.8. The molecule has 2 nitrogen and oxygen atoms in total. The van der Waals surface area contributed by atoms with Gasteiger partial charge in [-0.15, -0.1) is 0 Å². The minimum Gasteiger partial charge on any atom is -0.300 e. The molecule has 2 fully saturated rings. The van der Waals surface area contributed by atoms with Crippen LogP contribution in [0.4, 0.5) is 4.39 Å². The van der Waals surface area contributed by atoms with E-state index in [4.69, 9.17) is 0 Å². The molecule has 2 saturated heterocycles. The van der Waals surface area contributed by atoms with E-state index in [0.29, 0.717) is 12.1 Å². The highest BCUT2D eigenvalue weighted by atomic mass is 19.1. The quantitative estimate of drug-likeness (QED) is 0.762. The van der Waals surface area contributed by atoms with Crippen molar-refractivity contribution in [1.29, 1.82) is 0 Å². The van der Waals surface area contributed by atoms with Gasteiger partial charge in [-0.1, -0.05) is 11.6 Å². The van der Waals surface area contributed by atoms with Gasteiger partial charge in [-0.05, 0) is 51.8 Å². The van der Waals surface area contributed by atoms with Crippen LogP contribution in [0.1, 0.15) is 41.6 Å². The number of fused-ring (bicyclic) bond motifs is 2. The van der Waals surface area contributed by atoms with E-state index in [1.54, 1.807) is 12.1 Å². The highest BCUT2D eigenvalue weighted by Crippen LogP contribution is 2.38.